The van der Waals surface area contributed by atoms with E-state index >= 15 is 0 Å². The van der Waals surface area contributed by atoms with Gasteiger partial charge in [0.15, 0.2) is 0 Å². The molecule has 3 nitrogen and oxygen atoms in total. The maximum Gasteiger partial charge on any atom is 0.129 e. The highest BCUT2D eigenvalue weighted by Crippen LogP contribution is 1.98. The van der Waals surface area contributed by atoms with Gasteiger partial charge in [-0.25, -0.2) is 0 Å². The first-order chi connectivity index (χ1) is 7.23. The van der Waals surface area contributed by atoms with Gasteiger partial charge >= 0.3 is 0 Å². The van der Waals surface area contributed by atoms with Crippen LogP contribution in [-0.2, 0) is 14.4 Å². The molecule has 0 heterocycles. The van der Waals surface area contributed by atoms with Crippen LogP contribution in [0.25, 0.3) is 0 Å². The summed E-state index contributed by atoms with van der Waals surface area (Å²) in [7, 11) is 0. The number of Topliss-reactive ketones (excluding diaryl/α,β-unsaturated/α-hetero) is 3. The lowest BCUT2D eigenvalue weighted by molar-refractivity contribution is -0.117. The van der Waals surface area contributed by atoms with E-state index in [-0.39, 0.29) is 11.6 Å². The van der Waals surface area contributed by atoms with Gasteiger partial charge in [0.05, 0.1) is 0 Å². The first kappa shape index (κ1) is 20.4. The summed E-state index contributed by atoms with van der Waals surface area (Å²) in [5.74, 6) is 0.651. The fourth-order valence-electron chi connectivity index (χ4n) is 0.624. The number of rotatable bonds is 4. The van der Waals surface area contributed by atoms with E-state index in [2.05, 4.69) is 6.92 Å². The van der Waals surface area contributed by atoms with Crippen LogP contribution in [0, 0.1) is 0 Å². The molecule has 0 aliphatic heterocycles. The molecule has 0 aromatic heterocycles. The van der Waals surface area contributed by atoms with E-state index in [9.17, 15) is 14.4 Å². The lowest BCUT2D eigenvalue weighted by Crippen LogP contribution is -1.87. The number of carbonyl (C=O) groups excluding carboxylic acids is 3. The van der Waals surface area contributed by atoms with Crippen LogP contribution in [0.5, 0.6) is 0 Å². The van der Waals surface area contributed by atoms with Crippen LogP contribution in [0.3, 0.4) is 0 Å². The van der Waals surface area contributed by atoms with E-state index in [0.717, 1.165) is 12.8 Å². The average Bonchev–Trinajstić information content (AvgIpc) is 2.01. The Morgan fingerprint density at radius 2 is 1.06 bits per heavy atom. The highest BCUT2D eigenvalue weighted by atomic mass is 16.1. The van der Waals surface area contributed by atoms with Crippen LogP contribution in [-0.4, -0.2) is 17.3 Å². The molecule has 96 valence electrons. The molecule has 0 aromatic carbocycles. The van der Waals surface area contributed by atoms with Crippen molar-refractivity contribution >= 4 is 17.3 Å². The van der Waals surface area contributed by atoms with E-state index < -0.39 is 0 Å². The summed E-state index contributed by atoms with van der Waals surface area (Å²) >= 11 is 0. The van der Waals surface area contributed by atoms with Crippen molar-refractivity contribution in [3.05, 3.63) is 0 Å². The largest absolute Gasteiger partial charge is 0.300 e. The molecule has 0 aliphatic rings. The maximum atomic E-state index is 10.3. The quantitative estimate of drug-likeness (QED) is 0.696. The predicted octanol–water partition coefficient (Wildman–Crippen LogP) is 3.35. The van der Waals surface area contributed by atoms with Crippen LogP contribution in [0.4, 0.5) is 0 Å². The maximum absolute atomic E-state index is 10.3. The monoisotopic (exact) mass is 230 g/mol. The summed E-state index contributed by atoms with van der Waals surface area (Å²) in [4.78, 5) is 29.2. The molecule has 0 unspecified atom stereocenters. The van der Waals surface area contributed by atoms with Crippen LogP contribution < -0.4 is 0 Å². The lowest BCUT2D eigenvalue weighted by Gasteiger charge is -1.90. The van der Waals surface area contributed by atoms with E-state index in [0.29, 0.717) is 5.78 Å². The Labute approximate surface area is 99.6 Å². The van der Waals surface area contributed by atoms with E-state index in [1.807, 2.05) is 0 Å². The van der Waals surface area contributed by atoms with Gasteiger partial charge in [0, 0.05) is 6.42 Å². The zero-order chi connectivity index (χ0) is 13.6. The van der Waals surface area contributed by atoms with Gasteiger partial charge in [0.1, 0.15) is 17.3 Å². The van der Waals surface area contributed by atoms with E-state index in [4.69, 9.17) is 0 Å². The zero-order valence-electron chi connectivity index (χ0n) is 11.6. The minimum Gasteiger partial charge on any atom is -0.300 e. The molecule has 3 heteroatoms. The third-order valence-corrected chi connectivity index (χ3v) is 1.13. The second-order valence-electron chi connectivity index (χ2n) is 3.98. The van der Waals surface area contributed by atoms with Gasteiger partial charge in [0.25, 0.3) is 0 Å². The predicted molar refractivity (Wildman–Crippen MR) is 67.5 cm³/mol. The van der Waals surface area contributed by atoms with Gasteiger partial charge < -0.3 is 14.4 Å². The smallest absolute Gasteiger partial charge is 0.129 e. The molecule has 0 amide bonds. The number of ketones is 3. The molecule has 0 saturated heterocycles. The third kappa shape index (κ3) is 117. The Hall–Kier alpha value is -0.990. The van der Waals surface area contributed by atoms with Gasteiger partial charge in [-0.2, -0.15) is 0 Å². The molecule has 0 bridgehead atoms. The number of hydrogen-bond acceptors (Lipinski definition) is 3. The van der Waals surface area contributed by atoms with Gasteiger partial charge in [-0.15, -0.1) is 0 Å². The fraction of sp³-hybridized carbons (Fsp3) is 0.769. The molecule has 0 atom stereocenters. The van der Waals surface area contributed by atoms with Crippen molar-refractivity contribution in [3.63, 3.8) is 0 Å². The topological polar surface area (TPSA) is 51.2 Å². The van der Waals surface area contributed by atoms with Gasteiger partial charge in [-0.3, -0.25) is 0 Å². The Bertz CT molecular complexity index is 175. The van der Waals surface area contributed by atoms with Gasteiger partial charge in [0.2, 0.25) is 0 Å². The number of hydrogen-bond donors (Lipinski definition) is 0. The van der Waals surface area contributed by atoms with Crippen molar-refractivity contribution < 1.29 is 14.4 Å². The fourth-order valence-corrected chi connectivity index (χ4v) is 0.624. The van der Waals surface area contributed by atoms with Crippen molar-refractivity contribution in [3.8, 4) is 0 Å². The van der Waals surface area contributed by atoms with Crippen LogP contribution in [0.1, 0.15) is 67.2 Å². The summed E-state index contributed by atoms with van der Waals surface area (Å²) in [5, 5.41) is 0. The molecular weight excluding hydrogens is 204 g/mol. The van der Waals surface area contributed by atoms with Crippen LogP contribution in [0.15, 0.2) is 0 Å². The summed E-state index contributed by atoms with van der Waals surface area (Å²) < 4.78 is 0. The summed E-state index contributed by atoms with van der Waals surface area (Å²) in [5.41, 5.74) is 0. The van der Waals surface area contributed by atoms with Gasteiger partial charge in [-0.1, -0.05) is 19.8 Å². The SMILES string of the molecule is CC(C)=O.CC(C)=O.CCCCCC(C)=O. The first-order valence-corrected chi connectivity index (χ1v) is 5.67. The number of unbranched alkanes of at least 4 members (excludes halogenated alkanes) is 2. The second kappa shape index (κ2) is 16.4. The summed E-state index contributed by atoms with van der Waals surface area (Å²) in [6.45, 7) is 9.90. The van der Waals surface area contributed by atoms with Crippen LogP contribution in [0.2, 0.25) is 0 Å². The van der Waals surface area contributed by atoms with Crippen molar-refractivity contribution in [1.82, 2.24) is 0 Å². The van der Waals surface area contributed by atoms with Crippen molar-refractivity contribution in [2.24, 2.45) is 0 Å². The minimum atomic E-state index is 0.167. The Morgan fingerprint density at radius 3 is 1.25 bits per heavy atom. The third-order valence-electron chi connectivity index (χ3n) is 1.13. The summed E-state index contributed by atoms with van der Waals surface area (Å²) in [6, 6.07) is 0. The lowest BCUT2D eigenvalue weighted by atomic mass is 10.2. The first-order valence-electron chi connectivity index (χ1n) is 5.67. The van der Waals surface area contributed by atoms with E-state index in [1.165, 1.54) is 40.5 Å². The summed E-state index contributed by atoms with van der Waals surface area (Å²) in [6.07, 6.45) is 4.24. The van der Waals surface area contributed by atoms with Crippen molar-refractivity contribution in [1.29, 1.82) is 0 Å². The molecule has 0 saturated carbocycles. The Kier molecular flexibility index (Phi) is 21.0. The molecule has 0 spiro atoms. The highest BCUT2D eigenvalue weighted by Gasteiger charge is 1.89. The van der Waals surface area contributed by atoms with Crippen molar-refractivity contribution in [2.45, 2.75) is 67.2 Å². The average molecular weight is 230 g/mol. The Morgan fingerprint density at radius 1 is 0.750 bits per heavy atom. The molecule has 0 fully saturated rings. The molecule has 0 rings (SSSR count). The zero-order valence-corrected chi connectivity index (χ0v) is 11.6. The highest BCUT2D eigenvalue weighted by molar-refractivity contribution is 5.75. The molecule has 0 aromatic rings. The second-order valence-corrected chi connectivity index (χ2v) is 3.98. The van der Waals surface area contributed by atoms with Crippen LogP contribution >= 0.6 is 0 Å². The number of carbonyl (C=O) groups is 3. The molecule has 0 aliphatic carbocycles. The molecule has 0 radical (unpaired) electrons. The standard InChI is InChI=1S/C7H14O.2C3H6O/c1-3-4-5-6-7(2)8;2*1-3(2)4/h3-6H2,1-2H3;2*1-2H3. The normalized spacial score (nSPS) is 7.88. The molecule has 0 N–H and O–H groups in total. The molecule has 16 heavy (non-hydrogen) atoms. The van der Waals surface area contributed by atoms with Crippen molar-refractivity contribution in [2.75, 3.05) is 0 Å². The van der Waals surface area contributed by atoms with Gasteiger partial charge in [-0.05, 0) is 41.0 Å². The van der Waals surface area contributed by atoms with E-state index in [1.54, 1.807) is 6.92 Å². The molecular formula is C13H26O3. The Balaban J connectivity index is -0.000000179. The minimum absolute atomic E-state index is 0.167.